The first-order valence-electron chi connectivity index (χ1n) is 11.6. The molecule has 176 valence electrons. The molecule has 1 saturated heterocycles. The number of unbranched alkanes of at least 4 members (excludes halogenated alkanes) is 2. The molecular weight excluding hydrogens is 411 g/mol. The van der Waals surface area contributed by atoms with E-state index < -0.39 is 12.1 Å². The number of ether oxygens (including phenoxy) is 2. The van der Waals surface area contributed by atoms with Crippen molar-refractivity contribution in [3.05, 3.63) is 60.0 Å². The van der Waals surface area contributed by atoms with Crippen LogP contribution in [0.25, 0.3) is 0 Å². The maximum absolute atomic E-state index is 13.6. The molecule has 0 aromatic heterocycles. The standard InChI is InChI=1S/C26H35FO5/c1-2-3-4-7-21(28)13-14-22-23(8-5-6-15-31-17-25(29)30)26(16-24(22)32-18-26)19-9-11-20(27)12-10-19/h5-6,9-14,21-24,28H,2-4,7-8,15-18H2,1H3,(H,29,30)/b6-5-,14-13+/t21-,22-,23-,24-,26-/m0/s1. The Morgan fingerprint density at radius 3 is 2.81 bits per heavy atom. The first-order valence-corrected chi connectivity index (χ1v) is 11.6. The highest BCUT2D eigenvalue weighted by Gasteiger charge is 2.58. The Labute approximate surface area is 189 Å². The van der Waals surface area contributed by atoms with Crippen LogP contribution in [0.5, 0.6) is 0 Å². The SMILES string of the molecule is CCCCC[C@H](O)/C=C/[C@@H]1[C@@H]2C[C@@](c3ccc(F)cc3)(CO2)[C@H]1C/C=C\COCC(=O)O. The molecule has 0 spiro atoms. The fraction of sp³-hybridized carbons (Fsp3) is 0.577. The van der Waals surface area contributed by atoms with Crippen LogP contribution in [0.15, 0.2) is 48.6 Å². The molecule has 0 unspecified atom stereocenters. The number of halogens is 1. The molecule has 5 nitrogen and oxygen atoms in total. The molecule has 0 radical (unpaired) electrons. The number of hydrogen-bond acceptors (Lipinski definition) is 4. The largest absolute Gasteiger partial charge is 0.480 e. The zero-order valence-corrected chi connectivity index (χ0v) is 18.8. The van der Waals surface area contributed by atoms with Crippen LogP contribution in [-0.4, -0.2) is 48.2 Å². The van der Waals surface area contributed by atoms with Crippen LogP contribution >= 0.6 is 0 Å². The Hall–Kier alpha value is -2.02. The van der Waals surface area contributed by atoms with Gasteiger partial charge in [-0.2, -0.15) is 0 Å². The Balaban J connectivity index is 1.74. The van der Waals surface area contributed by atoms with Gasteiger partial charge in [0.2, 0.25) is 0 Å². The lowest BCUT2D eigenvalue weighted by molar-refractivity contribution is -0.141. The number of aliphatic hydroxyl groups is 1. The number of aliphatic hydroxyl groups excluding tert-OH is 1. The summed E-state index contributed by atoms with van der Waals surface area (Å²) in [7, 11) is 0. The predicted octanol–water partition coefficient (Wildman–Crippen LogP) is 4.64. The van der Waals surface area contributed by atoms with Crippen molar-refractivity contribution < 1.29 is 28.9 Å². The number of hydrogen-bond donors (Lipinski definition) is 2. The Bertz CT molecular complexity index is 790. The second-order valence-corrected chi connectivity index (χ2v) is 8.96. The smallest absolute Gasteiger partial charge is 0.329 e. The number of carboxylic acids is 1. The van der Waals surface area contributed by atoms with Gasteiger partial charge in [0, 0.05) is 11.3 Å². The molecule has 1 heterocycles. The Kier molecular flexibility index (Phi) is 9.02. The van der Waals surface area contributed by atoms with Gasteiger partial charge >= 0.3 is 5.97 Å². The topological polar surface area (TPSA) is 76.0 Å². The Morgan fingerprint density at radius 1 is 1.31 bits per heavy atom. The molecule has 0 amide bonds. The zero-order valence-electron chi connectivity index (χ0n) is 18.8. The van der Waals surface area contributed by atoms with Crippen LogP contribution < -0.4 is 0 Å². The van der Waals surface area contributed by atoms with E-state index in [1.807, 2.05) is 30.4 Å². The van der Waals surface area contributed by atoms with Crippen LogP contribution in [0.1, 0.15) is 51.0 Å². The van der Waals surface area contributed by atoms with Gasteiger partial charge in [0.05, 0.1) is 25.4 Å². The highest BCUT2D eigenvalue weighted by Crippen LogP contribution is 2.57. The first kappa shape index (κ1) is 24.6. The van der Waals surface area contributed by atoms with Crippen molar-refractivity contribution in [3.63, 3.8) is 0 Å². The predicted molar refractivity (Wildman–Crippen MR) is 121 cm³/mol. The average molecular weight is 447 g/mol. The van der Waals surface area contributed by atoms with Crippen LogP contribution in [0.4, 0.5) is 4.39 Å². The molecule has 1 aromatic rings. The van der Waals surface area contributed by atoms with Gasteiger partial charge in [-0.05, 0) is 42.9 Å². The molecule has 1 aliphatic heterocycles. The summed E-state index contributed by atoms with van der Waals surface area (Å²) in [4.78, 5) is 10.6. The van der Waals surface area contributed by atoms with E-state index >= 15 is 0 Å². The summed E-state index contributed by atoms with van der Waals surface area (Å²) in [6, 6.07) is 6.73. The van der Waals surface area contributed by atoms with Gasteiger partial charge in [0.25, 0.3) is 0 Å². The summed E-state index contributed by atoms with van der Waals surface area (Å²) in [5.41, 5.74) is 0.883. The number of allylic oxidation sites excluding steroid dienone is 1. The minimum absolute atomic E-state index is 0.0702. The van der Waals surface area contributed by atoms with Crippen molar-refractivity contribution in [1.29, 1.82) is 0 Å². The molecule has 3 rings (SSSR count). The molecule has 2 fully saturated rings. The minimum atomic E-state index is -0.985. The van der Waals surface area contributed by atoms with E-state index in [9.17, 15) is 14.3 Å². The second kappa shape index (κ2) is 11.7. The first-order chi connectivity index (χ1) is 15.5. The van der Waals surface area contributed by atoms with E-state index in [-0.39, 0.29) is 42.4 Å². The summed E-state index contributed by atoms with van der Waals surface area (Å²) < 4.78 is 24.8. The van der Waals surface area contributed by atoms with Crippen LogP contribution in [0.3, 0.4) is 0 Å². The molecule has 1 saturated carbocycles. The van der Waals surface area contributed by atoms with Gasteiger partial charge in [-0.1, -0.05) is 62.6 Å². The van der Waals surface area contributed by atoms with Crippen molar-refractivity contribution in [2.24, 2.45) is 11.8 Å². The molecule has 6 heteroatoms. The van der Waals surface area contributed by atoms with Gasteiger partial charge in [-0.15, -0.1) is 0 Å². The van der Waals surface area contributed by atoms with Crippen molar-refractivity contribution >= 4 is 5.97 Å². The lowest BCUT2D eigenvalue weighted by atomic mass is 9.69. The lowest BCUT2D eigenvalue weighted by Crippen LogP contribution is -2.39. The van der Waals surface area contributed by atoms with Gasteiger partial charge in [0.15, 0.2) is 0 Å². The van der Waals surface area contributed by atoms with Crippen molar-refractivity contribution in [1.82, 2.24) is 0 Å². The molecule has 1 aromatic carbocycles. The van der Waals surface area contributed by atoms with Crippen LogP contribution in [-0.2, 0) is 19.7 Å². The van der Waals surface area contributed by atoms with E-state index in [0.717, 1.165) is 44.1 Å². The van der Waals surface area contributed by atoms with Crippen molar-refractivity contribution in [3.8, 4) is 0 Å². The van der Waals surface area contributed by atoms with Gasteiger partial charge in [0.1, 0.15) is 12.4 Å². The minimum Gasteiger partial charge on any atom is -0.480 e. The number of fused-ring (bicyclic) bond motifs is 2. The number of aliphatic carboxylic acids is 1. The van der Waals surface area contributed by atoms with Crippen LogP contribution in [0.2, 0.25) is 0 Å². The molecule has 2 N–H and O–H groups in total. The third-order valence-electron chi connectivity index (χ3n) is 6.80. The Morgan fingerprint density at radius 2 is 2.09 bits per heavy atom. The van der Waals surface area contributed by atoms with Gasteiger partial charge in [-0.3, -0.25) is 0 Å². The number of carbonyl (C=O) groups is 1. The third-order valence-corrected chi connectivity index (χ3v) is 6.80. The molecular formula is C26H35FO5. The molecule has 32 heavy (non-hydrogen) atoms. The number of benzene rings is 1. The summed E-state index contributed by atoms with van der Waals surface area (Å²) >= 11 is 0. The zero-order chi connectivity index (χ0) is 23.0. The van der Waals surface area contributed by atoms with Gasteiger partial charge in [-0.25, -0.2) is 9.18 Å². The van der Waals surface area contributed by atoms with Crippen LogP contribution in [0, 0.1) is 17.7 Å². The molecule has 2 aliphatic rings. The summed E-state index contributed by atoms with van der Waals surface area (Å²) in [6.07, 6.45) is 13.2. The maximum Gasteiger partial charge on any atom is 0.329 e. The normalized spacial score (nSPS) is 28.2. The van der Waals surface area contributed by atoms with Gasteiger partial charge < -0.3 is 19.7 Å². The highest BCUT2D eigenvalue weighted by atomic mass is 19.1. The lowest BCUT2D eigenvalue weighted by Gasteiger charge is -2.38. The van der Waals surface area contributed by atoms with Crippen molar-refractivity contribution in [2.45, 2.75) is 63.1 Å². The monoisotopic (exact) mass is 446 g/mol. The number of rotatable bonds is 13. The van der Waals surface area contributed by atoms with E-state index in [0.29, 0.717) is 6.61 Å². The highest BCUT2D eigenvalue weighted by molar-refractivity contribution is 5.68. The van der Waals surface area contributed by atoms with E-state index in [2.05, 4.69) is 13.0 Å². The summed E-state index contributed by atoms with van der Waals surface area (Å²) in [5.74, 6) is -0.848. The van der Waals surface area contributed by atoms with E-state index in [4.69, 9.17) is 14.6 Å². The summed E-state index contributed by atoms with van der Waals surface area (Å²) in [6.45, 7) is 2.68. The maximum atomic E-state index is 13.6. The molecule has 5 atom stereocenters. The molecule has 2 bridgehead atoms. The van der Waals surface area contributed by atoms with E-state index in [1.54, 1.807) is 0 Å². The quantitative estimate of drug-likeness (QED) is 0.341. The van der Waals surface area contributed by atoms with E-state index in [1.165, 1.54) is 12.1 Å². The summed E-state index contributed by atoms with van der Waals surface area (Å²) in [5, 5.41) is 19.1. The fourth-order valence-corrected chi connectivity index (χ4v) is 5.18. The fourth-order valence-electron chi connectivity index (χ4n) is 5.18. The third kappa shape index (κ3) is 6.06. The average Bonchev–Trinajstić information content (AvgIpc) is 3.33. The second-order valence-electron chi connectivity index (χ2n) is 8.96. The number of carboxylic acid groups (broad SMARTS) is 1. The van der Waals surface area contributed by atoms with Crippen molar-refractivity contribution in [2.75, 3.05) is 19.8 Å². The molecule has 1 aliphatic carbocycles.